The van der Waals surface area contributed by atoms with Crippen LogP contribution in [-0.4, -0.2) is 41.8 Å². The summed E-state index contributed by atoms with van der Waals surface area (Å²) in [5.74, 6) is -0.189. The molecule has 0 spiro atoms. The van der Waals surface area contributed by atoms with Crippen molar-refractivity contribution in [1.29, 1.82) is 0 Å². The first-order valence-corrected chi connectivity index (χ1v) is 13.4. The molecule has 0 saturated carbocycles. The fraction of sp³-hybridized carbons (Fsp3) is 0.387. The molecular weight excluding hydrogens is 462 g/mol. The van der Waals surface area contributed by atoms with Crippen molar-refractivity contribution in [2.45, 2.75) is 65.5 Å². The van der Waals surface area contributed by atoms with Crippen LogP contribution in [0.4, 0.5) is 5.69 Å². The fourth-order valence-corrected chi connectivity index (χ4v) is 5.05. The molecular formula is C31H37N3O3. The first-order chi connectivity index (χ1) is 17.9. The summed E-state index contributed by atoms with van der Waals surface area (Å²) in [4.78, 5) is 43.2. The molecule has 1 aliphatic rings. The SMILES string of the molecule is CCCCNC(=O)C(CC)N(Cc1ccc(C)cc1)C(=O)CCCN1C(=O)c2cccc3cccc1c23. The van der Waals surface area contributed by atoms with Crippen molar-refractivity contribution in [1.82, 2.24) is 10.2 Å². The molecule has 0 aliphatic carbocycles. The van der Waals surface area contributed by atoms with E-state index in [1.807, 2.05) is 74.5 Å². The van der Waals surface area contributed by atoms with Crippen LogP contribution in [0.5, 0.6) is 0 Å². The lowest BCUT2D eigenvalue weighted by Crippen LogP contribution is -2.49. The molecule has 0 radical (unpaired) electrons. The van der Waals surface area contributed by atoms with Gasteiger partial charge >= 0.3 is 0 Å². The first-order valence-electron chi connectivity index (χ1n) is 13.4. The minimum atomic E-state index is -0.530. The molecule has 0 saturated heterocycles. The number of nitrogens with one attached hydrogen (secondary N) is 1. The van der Waals surface area contributed by atoms with Gasteiger partial charge in [-0.25, -0.2) is 0 Å². The molecule has 1 unspecified atom stereocenters. The molecule has 3 aromatic rings. The lowest BCUT2D eigenvalue weighted by atomic mass is 10.1. The van der Waals surface area contributed by atoms with Crippen molar-refractivity contribution < 1.29 is 14.4 Å². The molecule has 0 bridgehead atoms. The van der Waals surface area contributed by atoms with Crippen LogP contribution < -0.4 is 10.2 Å². The van der Waals surface area contributed by atoms with Gasteiger partial charge in [-0.2, -0.15) is 0 Å². The Morgan fingerprint density at radius 2 is 1.70 bits per heavy atom. The highest BCUT2D eigenvalue weighted by Gasteiger charge is 2.31. The van der Waals surface area contributed by atoms with E-state index in [1.165, 1.54) is 0 Å². The van der Waals surface area contributed by atoms with Gasteiger partial charge in [0, 0.05) is 37.0 Å². The van der Waals surface area contributed by atoms with Gasteiger partial charge in [-0.05, 0) is 49.3 Å². The number of carbonyl (C=O) groups excluding carboxylic acids is 3. The molecule has 0 aromatic heterocycles. The quantitative estimate of drug-likeness (QED) is 0.329. The Morgan fingerprint density at radius 1 is 0.973 bits per heavy atom. The van der Waals surface area contributed by atoms with E-state index in [9.17, 15) is 14.4 Å². The summed E-state index contributed by atoms with van der Waals surface area (Å²) < 4.78 is 0. The molecule has 3 aromatic carbocycles. The van der Waals surface area contributed by atoms with Crippen molar-refractivity contribution in [2.24, 2.45) is 0 Å². The van der Waals surface area contributed by atoms with Crippen LogP contribution in [0.2, 0.25) is 0 Å². The molecule has 4 rings (SSSR count). The molecule has 3 amide bonds. The van der Waals surface area contributed by atoms with Crippen LogP contribution in [0.15, 0.2) is 60.7 Å². The first kappa shape index (κ1) is 26.4. The monoisotopic (exact) mass is 499 g/mol. The van der Waals surface area contributed by atoms with E-state index >= 15 is 0 Å². The smallest absolute Gasteiger partial charge is 0.258 e. The standard InChI is InChI=1S/C31H37N3O3/c1-4-6-19-32-30(36)26(5-2)34(21-23-17-15-22(3)16-18-23)28(35)14-9-20-33-27-13-8-11-24-10-7-12-25(29(24)27)31(33)37/h7-8,10-13,15-18,26H,4-6,9,14,19-21H2,1-3H3,(H,32,36). The number of rotatable bonds is 12. The Hall–Kier alpha value is -3.67. The zero-order valence-electron chi connectivity index (χ0n) is 22.1. The summed E-state index contributed by atoms with van der Waals surface area (Å²) in [5, 5.41) is 5.04. The van der Waals surface area contributed by atoms with E-state index in [0.717, 1.165) is 46.0 Å². The van der Waals surface area contributed by atoms with Crippen LogP contribution in [-0.2, 0) is 16.1 Å². The van der Waals surface area contributed by atoms with Crippen molar-refractivity contribution >= 4 is 34.2 Å². The number of hydrogen-bond acceptors (Lipinski definition) is 3. The van der Waals surface area contributed by atoms with Gasteiger partial charge in [0.15, 0.2) is 0 Å². The van der Waals surface area contributed by atoms with Crippen LogP contribution in [0, 0.1) is 6.92 Å². The molecule has 1 heterocycles. The molecule has 37 heavy (non-hydrogen) atoms. The normalized spacial score (nSPS) is 13.2. The third kappa shape index (κ3) is 5.85. The highest BCUT2D eigenvalue weighted by Crippen LogP contribution is 2.37. The van der Waals surface area contributed by atoms with E-state index in [2.05, 4.69) is 12.2 Å². The van der Waals surface area contributed by atoms with Crippen molar-refractivity contribution in [3.05, 3.63) is 77.4 Å². The van der Waals surface area contributed by atoms with Gasteiger partial charge in [0.1, 0.15) is 6.04 Å². The van der Waals surface area contributed by atoms with Crippen LogP contribution in [0.1, 0.15) is 67.4 Å². The number of amides is 3. The van der Waals surface area contributed by atoms with E-state index < -0.39 is 6.04 Å². The third-order valence-electron chi connectivity index (χ3n) is 7.11. The Bertz CT molecular complexity index is 1260. The second-order valence-corrected chi connectivity index (χ2v) is 9.82. The predicted molar refractivity (Wildman–Crippen MR) is 149 cm³/mol. The maximum absolute atomic E-state index is 13.6. The van der Waals surface area contributed by atoms with Crippen LogP contribution >= 0.6 is 0 Å². The Kier molecular flexibility index (Phi) is 8.59. The average Bonchev–Trinajstić information content (AvgIpc) is 3.18. The summed E-state index contributed by atoms with van der Waals surface area (Å²) >= 11 is 0. The predicted octanol–water partition coefficient (Wildman–Crippen LogP) is 5.61. The van der Waals surface area contributed by atoms with Gasteiger partial charge in [0.25, 0.3) is 5.91 Å². The maximum atomic E-state index is 13.6. The number of carbonyl (C=O) groups is 3. The largest absolute Gasteiger partial charge is 0.354 e. The number of anilines is 1. The number of nitrogens with zero attached hydrogens (tertiary/aromatic N) is 2. The molecule has 0 fully saturated rings. The van der Waals surface area contributed by atoms with E-state index in [4.69, 9.17) is 0 Å². The highest BCUT2D eigenvalue weighted by molar-refractivity contribution is 6.25. The molecule has 6 heteroatoms. The fourth-order valence-electron chi connectivity index (χ4n) is 5.05. The van der Waals surface area contributed by atoms with E-state index in [1.54, 1.807) is 9.80 Å². The highest BCUT2D eigenvalue weighted by atomic mass is 16.2. The van der Waals surface area contributed by atoms with Gasteiger partial charge in [0.05, 0.1) is 5.69 Å². The minimum Gasteiger partial charge on any atom is -0.354 e. The maximum Gasteiger partial charge on any atom is 0.258 e. The van der Waals surface area contributed by atoms with Crippen molar-refractivity contribution in [3.63, 3.8) is 0 Å². The lowest BCUT2D eigenvalue weighted by Gasteiger charge is -2.31. The summed E-state index contributed by atoms with van der Waals surface area (Å²) in [6.45, 7) is 7.51. The van der Waals surface area contributed by atoms with Crippen LogP contribution in [0.3, 0.4) is 0 Å². The van der Waals surface area contributed by atoms with Crippen molar-refractivity contribution in [3.8, 4) is 0 Å². The van der Waals surface area contributed by atoms with E-state index in [0.29, 0.717) is 32.5 Å². The Morgan fingerprint density at radius 3 is 2.41 bits per heavy atom. The summed E-state index contributed by atoms with van der Waals surface area (Å²) in [6, 6.07) is 19.3. The average molecular weight is 500 g/mol. The Balaban J connectivity index is 1.46. The van der Waals surface area contributed by atoms with E-state index in [-0.39, 0.29) is 24.1 Å². The second-order valence-electron chi connectivity index (χ2n) is 9.82. The summed E-state index contributed by atoms with van der Waals surface area (Å²) in [6.07, 6.45) is 3.23. The zero-order chi connectivity index (χ0) is 26.4. The molecule has 1 aliphatic heterocycles. The molecule has 1 N–H and O–H groups in total. The van der Waals surface area contributed by atoms with Gasteiger partial charge in [0.2, 0.25) is 11.8 Å². The Labute approximate surface area is 219 Å². The minimum absolute atomic E-state index is 0.0162. The molecule has 6 nitrogen and oxygen atoms in total. The molecule has 194 valence electrons. The number of hydrogen-bond donors (Lipinski definition) is 1. The van der Waals surface area contributed by atoms with Gasteiger partial charge < -0.3 is 15.1 Å². The van der Waals surface area contributed by atoms with Crippen molar-refractivity contribution in [2.75, 3.05) is 18.0 Å². The third-order valence-corrected chi connectivity index (χ3v) is 7.11. The number of unbranched alkanes of at least 4 members (excludes halogenated alkanes) is 1. The van der Waals surface area contributed by atoms with Gasteiger partial charge in [-0.3, -0.25) is 14.4 Å². The second kappa shape index (κ2) is 12.0. The molecule has 1 atom stereocenters. The summed E-state index contributed by atoms with van der Waals surface area (Å²) in [7, 11) is 0. The lowest BCUT2D eigenvalue weighted by molar-refractivity contribution is -0.141. The van der Waals surface area contributed by atoms with Crippen LogP contribution in [0.25, 0.3) is 10.8 Å². The summed E-state index contributed by atoms with van der Waals surface area (Å²) in [5.41, 5.74) is 3.77. The zero-order valence-corrected chi connectivity index (χ0v) is 22.1. The topological polar surface area (TPSA) is 69.7 Å². The number of aryl methyl sites for hydroxylation is 1. The van der Waals surface area contributed by atoms with Gasteiger partial charge in [-0.15, -0.1) is 0 Å². The number of benzene rings is 3. The van der Waals surface area contributed by atoms with Gasteiger partial charge in [-0.1, -0.05) is 74.4 Å².